The van der Waals surface area contributed by atoms with E-state index < -0.39 is 6.10 Å². The topological polar surface area (TPSA) is 50.7 Å². The third kappa shape index (κ3) is 5.12. The summed E-state index contributed by atoms with van der Waals surface area (Å²) < 4.78 is 11.1. The normalized spacial score (nSPS) is 20.0. The van der Waals surface area contributed by atoms with E-state index in [1.807, 2.05) is 18.2 Å². The van der Waals surface area contributed by atoms with E-state index in [2.05, 4.69) is 18.3 Å². The minimum absolute atomic E-state index is 0.310. The summed E-state index contributed by atoms with van der Waals surface area (Å²) in [6.07, 6.45) is 3.06. The van der Waals surface area contributed by atoms with Gasteiger partial charge in [-0.05, 0) is 37.0 Å². The van der Waals surface area contributed by atoms with Crippen molar-refractivity contribution in [2.75, 3.05) is 26.3 Å². The Hall–Kier alpha value is -1.10. The third-order valence-corrected chi connectivity index (χ3v) is 3.53. The fourth-order valence-electron chi connectivity index (χ4n) is 2.32. The standard InChI is InChI=1S/C16H25NO3/c1-2-13-5-3-6-15(9-13)20-12-14(18)10-17-11-16-7-4-8-19-16/h3,5-6,9,14,16-18H,2,4,7-8,10-12H2,1H3. The van der Waals surface area contributed by atoms with Gasteiger partial charge in [-0.3, -0.25) is 0 Å². The molecule has 112 valence electrons. The van der Waals surface area contributed by atoms with Gasteiger partial charge in [0.25, 0.3) is 0 Å². The number of ether oxygens (including phenoxy) is 2. The molecule has 0 aliphatic carbocycles. The number of hydrogen-bond donors (Lipinski definition) is 2. The van der Waals surface area contributed by atoms with E-state index in [9.17, 15) is 5.11 Å². The van der Waals surface area contributed by atoms with Crippen LogP contribution in [0.1, 0.15) is 25.3 Å². The van der Waals surface area contributed by atoms with Crippen LogP contribution in [-0.4, -0.2) is 43.6 Å². The zero-order valence-electron chi connectivity index (χ0n) is 12.2. The van der Waals surface area contributed by atoms with Crippen LogP contribution in [0.3, 0.4) is 0 Å². The molecular weight excluding hydrogens is 254 g/mol. The van der Waals surface area contributed by atoms with Gasteiger partial charge in [0, 0.05) is 19.7 Å². The van der Waals surface area contributed by atoms with Crippen LogP contribution in [-0.2, 0) is 11.2 Å². The first-order valence-corrected chi connectivity index (χ1v) is 7.50. The number of hydrogen-bond acceptors (Lipinski definition) is 4. The lowest BCUT2D eigenvalue weighted by atomic mass is 10.2. The summed E-state index contributed by atoms with van der Waals surface area (Å²) in [4.78, 5) is 0. The second-order valence-electron chi connectivity index (χ2n) is 5.26. The van der Waals surface area contributed by atoms with Crippen molar-refractivity contribution < 1.29 is 14.6 Å². The van der Waals surface area contributed by atoms with Crippen LogP contribution in [0, 0.1) is 0 Å². The number of aryl methyl sites for hydroxylation is 1. The van der Waals surface area contributed by atoms with Gasteiger partial charge < -0.3 is 19.9 Å². The molecule has 2 N–H and O–H groups in total. The molecule has 2 rings (SSSR count). The van der Waals surface area contributed by atoms with E-state index in [0.717, 1.165) is 38.2 Å². The largest absolute Gasteiger partial charge is 0.491 e. The predicted octanol–water partition coefficient (Wildman–Crippen LogP) is 1.76. The van der Waals surface area contributed by atoms with Gasteiger partial charge in [-0.1, -0.05) is 19.1 Å². The Morgan fingerprint density at radius 2 is 2.40 bits per heavy atom. The number of aliphatic hydroxyl groups excluding tert-OH is 1. The molecule has 4 heteroatoms. The second-order valence-corrected chi connectivity index (χ2v) is 5.26. The van der Waals surface area contributed by atoms with Crippen molar-refractivity contribution in [3.8, 4) is 5.75 Å². The first kappa shape index (κ1) is 15.3. The van der Waals surface area contributed by atoms with Crippen LogP contribution in [0.4, 0.5) is 0 Å². The molecule has 0 radical (unpaired) electrons. The minimum atomic E-state index is -0.498. The van der Waals surface area contributed by atoms with Gasteiger partial charge in [-0.15, -0.1) is 0 Å². The van der Waals surface area contributed by atoms with E-state index >= 15 is 0 Å². The Balaban J connectivity index is 1.62. The average Bonchev–Trinajstić information content (AvgIpc) is 2.98. The summed E-state index contributed by atoms with van der Waals surface area (Å²) in [7, 11) is 0. The van der Waals surface area contributed by atoms with Gasteiger partial charge in [-0.2, -0.15) is 0 Å². The van der Waals surface area contributed by atoms with Crippen molar-refractivity contribution in [1.29, 1.82) is 0 Å². The first-order valence-electron chi connectivity index (χ1n) is 7.50. The summed E-state index contributed by atoms with van der Waals surface area (Å²) >= 11 is 0. The van der Waals surface area contributed by atoms with Crippen LogP contribution < -0.4 is 10.1 Å². The molecule has 1 aromatic rings. The summed E-state index contributed by atoms with van der Waals surface area (Å²) in [5.41, 5.74) is 1.24. The molecule has 0 amide bonds. The summed E-state index contributed by atoms with van der Waals surface area (Å²) in [5, 5.41) is 13.1. The summed E-state index contributed by atoms with van der Waals surface area (Å²) in [6, 6.07) is 8.00. The highest BCUT2D eigenvalue weighted by Gasteiger charge is 2.15. The molecule has 4 nitrogen and oxygen atoms in total. The Morgan fingerprint density at radius 1 is 1.50 bits per heavy atom. The van der Waals surface area contributed by atoms with Gasteiger partial charge in [0.1, 0.15) is 18.5 Å². The van der Waals surface area contributed by atoms with Crippen molar-refractivity contribution in [2.24, 2.45) is 0 Å². The van der Waals surface area contributed by atoms with Crippen LogP contribution in [0.25, 0.3) is 0 Å². The molecule has 0 aromatic heterocycles. The second kappa shape index (κ2) is 8.25. The van der Waals surface area contributed by atoms with Gasteiger partial charge in [0.2, 0.25) is 0 Å². The third-order valence-electron chi connectivity index (χ3n) is 3.53. The molecule has 1 aliphatic heterocycles. The van der Waals surface area contributed by atoms with Crippen molar-refractivity contribution in [3.63, 3.8) is 0 Å². The van der Waals surface area contributed by atoms with E-state index in [4.69, 9.17) is 9.47 Å². The Morgan fingerprint density at radius 3 is 3.15 bits per heavy atom. The van der Waals surface area contributed by atoms with Crippen molar-refractivity contribution in [1.82, 2.24) is 5.32 Å². The number of aliphatic hydroxyl groups is 1. The maximum Gasteiger partial charge on any atom is 0.119 e. The Labute approximate surface area is 121 Å². The van der Waals surface area contributed by atoms with Crippen molar-refractivity contribution in [2.45, 2.75) is 38.4 Å². The van der Waals surface area contributed by atoms with E-state index in [-0.39, 0.29) is 0 Å². The lowest BCUT2D eigenvalue weighted by Gasteiger charge is -2.15. The molecule has 2 atom stereocenters. The molecule has 0 bridgehead atoms. The van der Waals surface area contributed by atoms with Crippen molar-refractivity contribution >= 4 is 0 Å². The van der Waals surface area contributed by atoms with Gasteiger partial charge >= 0.3 is 0 Å². The quantitative estimate of drug-likeness (QED) is 0.761. The molecule has 1 aromatic carbocycles. The predicted molar refractivity (Wildman–Crippen MR) is 79.2 cm³/mol. The fraction of sp³-hybridized carbons (Fsp3) is 0.625. The smallest absolute Gasteiger partial charge is 0.119 e. The van der Waals surface area contributed by atoms with Crippen molar-refractivity contribution in [3.05, 3.63) is 29.8 Å². The van der Waals surface area contributed by atoms with Crippen LogP contribution in [0.5, 0.6) is 5.75 Å². The SMILES string of the molecule is CCc1cccc(OCC(O)CNCC2CCCO2)c1. The van der Waals surface area contributed by atoms with E-state index in [1.165, 1.54) is 5.56 Å². The number of nitrogens with one attached hydrogen (secondary N) is 1. The maximum atomic E-state index is 9.88. The summed E-state index contributed by atoms with van der Waals surface area (Å²) in [5.74, 6) is 0.822. The first-order chi connectivity index (χ1) is 9.78. The molecule has 20 heavy (non-hydrogen) atoms. The lowest BCUT2D eigenvalue weighted by molar-refractivity contribution is 0.0881. The highest BCUT2D eigenvalue weighted by Crippen LogP contribution is 2.14. The molecule has 0 saturated carbocycles. The van der Waals surface area contributed by atoms with Crippen LogP contribution in [0.15, 0.2) is 24.3 Å². The Bertz CT molecular complexity index is 391. The summed E-state index contributed by atoms with van der Waals surface area (Å²) in [6.45, 7) is 4.64. The molecule has 1 fully saturated rings. The molecule has 0 spiro atoms. The molecule has 1 saturated heterocycles. The number of rotatable bonds is 8. The van der Waals surface area contributed by atoms with Gasteiger partial charge in [-0.25, -0.2) is 0 Å². The van der Waals surface area contributed by atoms with Gasteiger partial charge in [0.05, 0.1) is 6.10 Å². The van der Waals surface area contributed by atoms with Gasteiger partial charge in [0.15, 0.2) is 0 Å². The van der Waals surface area contributed by atoms with E-state index in [0.29, 0.717) is 19.3 Å². The molecule has 2 unspecified atom stereocenters. The highest BCUT2D eigenvalue weighted by molar-refractivity contribution is 5.28. The van der Waals surface area contributed by atoms with Crippen LogP contribution >= 0.6 is 0 Å². The zero-order valence-corrected chi connectivity index (χ0v) is 12.2. The number of benzene rings is 1. The molecule has 1 heterocycles. The minimum Gasteiger partial charge on any atom is -0.491 e. The zero-order chi connectivity index (χ0) is 14.2. The lowest BCUT2D eigenvalue weighted by Crippen LogP contribution is -2.35. The highest BCUT2D eigenvalue weighted by atomic mass is 16.5. The fourth-order valence-corrected chi connectivity index (χ4v) is 2.32. The average molecular weight is 279 g/mol. The maximum absolute atomic E-state index is 9.88. The Kier molecular flexibility index (Phi) is 6.30. The molecular formula is C16H25NO3. The molecule has 1 aliphatic rings. The monoisotopic (exact) mass is 279 g/mol. The van der Waals surface area contributed by atoms with E-state index in [1.54, 1.807) is 0 Å². The van der Waals surface area contributed by atoms with Crippen LogP contribution in [0.2, 0.25) is 0 Å².